The third kappa shape index (κ3) is 5.17. The summed E-state index contributed by atoms with van der Waals surface area (Å²) in [6, 6.07) is 3.88. The minimum atomic E-state index is -0.874. The molecule has 0 saturated carbocycles. The summed E-state index contributed by atoms with van der Waals surface area (Å²) in [6.45, 7) is -0.237. The molecule has 84 valence electrons. The molecule has 1 rings (SSSR count). The third-order valence-electron chi connectivity index (χ3n) is 1.59. The van der Waals surface area contributed by atoms with Gasteiger partial charge in [0, 0.05) is 6.54 Å². The first kappa shape index (κ1) is 12.5. The number of amides is 1. The van der Waals surface area contributed by atoms with Crippen LogP contribution in [0.2, 0.25) is 0 Å². The number of nitrogens with one attached hydrogen (secondary N) is 1. The number of aliphatic hydroxyl groups is 2. The van der Waals surface area contributed by atoms with Crippen molar-refractivity contribution in [3.05, 3.63) is 17.5 Å². The zero-order chi connectivity index (χ0) is 11.1. The second-order valence-corrected chi connectivity index (χ2v) is 5.08. The molecule has 0 fully saturated rings. The van der Waals surface area contributed by atoms with Gasteiger partial charge in [-0.2, -0.15) is 0 Å². The lowest BCUT2D eigenvalue weighted by Crippen LogP contribution is -2.34. The Morgan fingerprint density at radius 3 is 3.07 bits per heavy atom. The van der Waals surface area contributed by atoms with E-state index in [1.54, 1.807) is 11.3 Å². The van der Waals surface area contributed by atoms with Gasteiger partial charge < -0.3 is 15.5 Å². The van der Waals surface area contributed by atoms with Crippen LogP contribution in [0.5, 0.6) is 0 Å². The largest absolute Gasteiger partial charge is 0.394 e. The lowest BCUT2D eigenvalue weighted by molar-refractivity contribution is -0.119. The van der Waals surface area contributed by atoms with Crippen LogP contribution in [0.1, 0.15) is 0 Å². The summed E-state index contributed by atoms with van der Waals surface area (Å²) in [5.41, 5.74) is 0. The molecule has 1 heterocycles. The highest BCUT2D eigenvalue weighted by atomic mass is 32.2. The summed E-state index contributed by atoms with van der Waals surface area (Å²) < 4.78 is 1.09. The molecular weight excluding hydrogens is 234 g/mol. The fraction of sp³-hybridized carbons (Fsp3) is 0.444. The van der Waals surface area contributed by atoms with E-state index in [-0.39, 0.29) is 19.1 Å². The highest BCUT2D eigenvalue weighted by Crippen LogP contribution is 2.22. The van der Waals surface area contributed by atoms with Crippen LogP contribution in [-0.4, -0.2) is 41.1 Å². The van der Waals surface area contributed by atoms with E-state index in [1.165, 1.54) is 11.8 Å². The highest BCUT2D eigenvalue weighted by molar-refractivity contribution is 8.01. The molecule has 1 aromatic heterocycles. The predicted molar refractivity (Wildman–Crippen MR) is 61.1 cm³/mol. The van der Waals surface area contributed by atoms with Crippen LogP contribution in [-0.2, 0) is 4.79 Å². The quantitative estimate of drug-likeness (QED) is 0.633. The number of hydrogen-bond acceptors (Lipinski definition) is 5. The van der Waals surface area contributed by atoms with Crippen LogP contribution < -0.4 is 5.32 Å². The van der Waals surface area contributed by atoms with Crippen molar-refractivity contribution >= 4 is 29.0 Å². The summed E-state index contributed by atoms with van der Waals surface area (Å²) in [6.07, 6.45) is -0.874. The van der Waals surface area contributed by atoms with Crippen molar-refractivity contribution in [2.45, 2.75) is 10.3 Å². The molecule has 1 amide bonds. The van der Waals surface area contributed by atoms with Crippen LogP contribution in [0.3, 0.4) is 0 Å². The Bertz CT molecular complexity index is 290. The van der Waals surface area contributed by atoms with E-state index in [9.17, 15) is 4.79 Å². The normalized spacial score (nSPS) is 12.4. The number of thiophene rings is 1. The van der Waals surface area contributed by atoms with Gasteiger partial charge in [-0.25, -0.2) is 0 Å². The first-order valence-electron chi connectivity index (χ1n) is 4.44. The standard InChI is InChI=1S/C9H13NO3S2/c11-5-7(12)4-10-8(13)6-15-9-2-1-3-14-9/h1-3,7,11-12H,4-6H2,(H,10,13). The van der Waals surface area contributed by atoms with Crippen molar-refractivity contribution in [3.8, 4) is 0 Å². The maximum absolute atomic E-state index is 11.2. The summed E-state index contributed by atoms with van der Waals surface area (Å²) in [4.78, 5) is 11.2. The Labute approximate surface area is 96.3 Å². The SMILES string of the molecule is O=C(CSc1cccs1)NCC(O)CO. The first-order valence-corrected chi connectivity index (χ1v) is 6.31. The molecule has 0 saturated heterocycles. The predicted octanol–water partition coefficient (Wildman–Crippen LogP) is 0.310. The molecule has 0 aliphatic carbocycles. The molecule has 0 aromatic carbocycles. The van der Waals surface area contributed by atoms with E-state index in [2.05, 4.69) is 5.32 Å². The number of carbonyl (C=O) groups is 1. The van der Waals surface area contributed by atoms with E-state index >= 15 is 0 Å². The number of rotatable bonds is 6. The fourth-order valence-corrected chi connectivity index (χ4v) is 2.44. The van der Waals surface area contributed by atoms with Crippen molar-refractivity contribution in [1.29, 1.82) is 0 Å². The summed E-state index contributed by atoms with van der Waals surface area (Å²) in [7, 11) is 0. The van der Waals surface area contributed by atoms with Crippen molar-refractivity contribution < 1.29 is 15.0 Å². The lowest BCUT2D eigenvalue weighted by Gasteiger charge is -2.08. The molecule has 4 nitrogen and oxygen atoms in total. The van der Waals surface area contributed by atoms with Gasteiger partial charge in [0.25, 0.3) is 0 Å². The summed E-state index contributed by atoms with van der Waals surface area (Å²) in [5, 5.41) is 22.0. The molecule has 0 aliphatic rings. The fourth-order valence-electron chi connectivity index (χ4n) is 0.830. The van der Waals surface area contributed by atoms with Crippen molar-refractivity contribution in [1.82, 2.24) is 5.32 Å². The molecule has 1 aromatic rings. The Kier molecular flexibility index (Phi) is 5.70. The Balaban J connectivity index is 2.14. The maximum atomic E-state index is 11.2. The van der Waals surface area contributed by atoms with Crippen LogP contribution in [0.15, 0.2) is 21.7 Å². The van der Waals surface area contributed by atoms with Gasteiger partial charge in [0.1, 0.15) is 0 Å². The highest BCUT2D eigenvalue weighted by Gasteiger charge is 2.06. The summed E-state index contributed by atoms with van der Waals surface area (Å²) >= 11 is 3.04. The average Bonchev–Trinajstić information content (AvgIpc) is 2.75. The van der Waals surface area contributed by atoms with E-state index in [4.69, 9.17) is 10.2 Å². The van der Waals surface area contributed by atoms with Gasteiger partial charge in [0.05, 0.1) is 22.7 Å². The van der Waals surface area contributed by atoms with Crippen molar-refractivity contribution in [2.75, 3.05) is 18.9 Å². The van der Waals surface area contributed by atoms with Crippen LogP contribution in [0.25, 0.3) is 0 Å². The Morgan fingerprint density at radius 1 is 1.67 bits per heavy atom. The summed E-state index contributed by atoms with van der Waals surface area (Å²) in [5.74, 6) is 0.194. The van der Waals surface area contributed by atoms with E-state index in [1.807, 2.05) is 17.5 Å². The average molecular weight is 247 g/mol. The zero-order valence-electron chi connectivity index (χ0n) is 8.05. The molecule has 6 heteroatoms. The minimum Gasteiger partial charge on any atom is -0.394 e. The number of thioether (sulfide) groups is 1. The van der Waals surface area contributed by atoms with Gasteiger partial charge in [0.2, 0.25) is 5.91 Å². The second kappa shape index (κ2) is 6.84. The van der Waals surface area contributed by atoms with Gasteiger partial charge >= 0.3 is 0 Å². The zero-order valence-corrected chi connectivity index (χ0v) is 9.68. The van der Waals surface area contributed by atoms with Crippen LogP contribution in [0.4, 0.5) is 0 Å². The topological polar surface area (TPSA) is 69.6 Å². The van der Waals surface area contributed by atoms with E-state index in [0.717, 1.165) is 4.21 Å². The van der Waals surface area contributed by atoms with Gasteiger partial charge in [-0.15, -0.1) is 23.1 Å². The van der Waals surface area contributed by atoms with E-state index in [0.29, 0.717) is 5.75 Å². The molecule has 0 bridgehead atoms. The van der Waals surface area contributed by atoms with Gasteiger partial charge in [0.15, 0.2) is 0 Å². The number of aliphatic hydroxyl groups excluding tert-OH is 2. The smallest absolute Gasteiger partial charge is 0.230 e. The number of carbonyl (C=O) groups excluding carboxylic acids is 1. The molecule has 15 heavy (non-hydrogen) atoms. The molecule has 1 unspecified atom stereocenters. The lowest BCUT2D eigenvalue weighted by atomic mass is 10.4. The second-order valence-electron chi connectivity index (χ2n) is 2.86. The molecule has 0 aliphatic heterocycles. The molecular formula is C9H13NO3S2. The molecule has 0 spiro atoms. The Morgan fingerprint density at radius 2 is 2.47 bits per heavy atom. The van der Waals surface area contributed by atoms with Gasteiger partial charge in [-0.1, -0.05) is 6.07 Å². The molecule has 1 atom stereocenters. The van der Waals surface area contributed by atoms with Crippen LogP contribution in [0, 0.1) is 0 Å². The molecule has 0 radical (unpaired) electrons. The minimum absolute atomic E-state index is 0.0976. The first-order chi connectivity index (χ1) is 7.22. The maximum Gasteiger partial charge on any atom is 0.230 e. The van der Waals surface area contributed by atoms with Crippen molar-refractivity contribution in [2.24, 2.45) is 0 Å². The van der Waals surface area contributed by atoms with Gasteiger partial charge in [-0.3, -0.25) is 4.79 Å². The van der Waals surface area contributed by atoms with Gasteiger partial charge in [-0.05, 0) is 11.4 Å². The number of hydrogen-bond donors (Lipinski definition) is 3. The van der Waals surface area contributed by atoms with E-state index < -0.39 is 6.10 Å². The monoisotopic (exact) mass is 247 g/mol. The van der Waals surface area contributed by atoms with Crippen LogP contribution >= 0.6 is 23.1 Å². The van der Waals surface area contributed by atoms with Crippen molar-refractivity contribution in [3.63, 3.8) is 0 Å². The Hall–Kier alpha value is -0.560. The third-order valence-corrected chi connectivity index (χ3v) is 3.72. The molecule has 3 N–H and O–H groups in total.